The number of Topliss-reactive ketones (excluding diaryl/α,β-unsaturated/α-hetero) is 1. The number of benzene rings is 1. The number of carbonyl (C=O) groups is 1. The van der Waals surface area contributed by atoms with Crippen LogP contribution in [0.1, 0.15) is 48.5 Å². The molecule has 0 aromatic heterocycles. The van der Waals surface area contributed by atoms with E-state index in [2.05, 4.69) is 24.4 Å². The Morgan fingerprint density at radius 2 is 2.33 bits per heavy atom. The maximum absolute atomic E-state index is 12.2. The van der Waals surface area contributed by atoms with Crippen LogP contribution in [0.15, 0.2) is 24.3 Å². The Hall–Kier alpha value is -1.15. The minimum Gasteiger partial charge on any atom is -0.316 e. The van der Waals surface area contributed by atoms with E-state index in [-0.39, 0.29) is 0 Å². The molecule has 0 aliphatic carbocycles. The molecule has 2 rings (SSSR count). The highest BCUT2D eigenvalue weighted by atomic mass is 16.1. The summed E-state index contributed by atoms with van der Waals surface area (Å²) >= 11 is 0. The highest BCUT2D eigenvalue weighted by Crippen LogP contribution is 2.18. The van der Waals surface area contributed by atoms with Gasteiger partial charge in [0.25, 0.3) is 0 Å². The number of hydrogen-bond acceptors (Lipinski definition) is 2. The highest BCUT2D eigenvalue weighted by molar-refractivity contribution is 5.96. The highest BCUT2D eigenvalue weighted by Gasteiger charge is 2.17. The maximum Gasteiger partial charge on any atom is 0.163 e. The molecule has 1 aliphatic heterocycles. The average Bonchev–Trinajstić information content (AvgIpc) is 2.40. The second-order valence-corrected chi connectivity index (χ2v) is 5.29. The average molecular weight is 245 g/mol. The van der Waals surface area contributed by atoms with E-state index in [1.54, 1.807) is 0 Å². The second kappa shape index (κ2) is 6.69. The molecule has 1 aliphatic rings. The van der Waals surface area contributed by atoms with Gasteiger partial charge in [0.05, 0.1) is 0 Å². The van der Waals surface area contributed by atoms with E-state index >= 15 is 0 Å². The molecule has 98 valence electrons. The molecule has 0 amide bonds. The van der Waals surface area contributed by atoms with Crippen LogP contribution in [0.2, 0.25) is 0 Å². The Morgan fingerprint density at radius 3 is 3.06 bits per heavy atom. The largest absolute Gasteiger partial charge is 0.316 e. The van der Waals surface area contributed by atoms with Crippen LogP contribution in [-0.2, 0) is 6.42 Å². The molecule has 1 atom stereocenters. The van der Waals surface area contributed by atoms with Gasteiger partial charge in [0.2, 0.25) is 0 Å². The van der Waals surface area contributed by atoms with Crippen LogP contribution in [0.3, 0.4) is 0 Å². The van der Waals surface area contributed by atoms with Crippen molar-refractivity contribution in [1.82, 2.24) is 5.32 Å². The molecule has 1 aromatic rings. The van der Waals surface area contributed by atoms with Gasteiger partial charge in [0, 0.05) is 12.0 Å². The first-order valence-electron chi connectivity index (χ1n) is 7.12. The maximum atomic E-state index is 12.2. The van der Waals surface area contributed by atoms with Crippen LogP contribution in [0.5, 0.6) is 0 Å². The number of ketones is 1. The van der Waals surface area contributed by atoms with Crippen molar-refractivity contribution in [3.8, 4) is 0 Å². The molecule has 2 nitrogen and oxygen atoms in total. The van der Waals surface area contributed by atoms with Crippen molar-refractivity contribution in [1.29, 1.82) is 0 Å². The molecule has 1 heterocycles. The van der Waals surface area contributed by atoms with Gasteiger partial charge in [0.15, 0.2) is 5.78 Å². The van der Waals surface area contributed by atoms with Crippen molar-refractivity contribution in [3.63, 3.8) is 0 Å². The van der Waals surface area contributed by atoms with E-state index in [4.69, 9.17) is 0 Å². The molecule has 1 N–H and O–H groups in total. The van der Waals surface area contributed by atoms with E-state index in [0.29, 0.717) is 18.1 Å². The lowest BCUT2D eigenvalue weighted by Crippen LogP contribution is -2.31. The zero-order valence-corrected chi connectivity index (χ0v) is 11.2. The first kappa shape index (κ1) is 13.3. The van der Waals surface area contributed by atoms with Gasteiger partial charge in [-0.05, 0) is 49.9 Å². The molecule has 0 bridgehead atoms. The first-order chi connectivity index (χ1) is 8.79. The first-order valence-corrected chi connectivity index (χ1v) is 7.12. The number of aryl methyl sites for hydroxylation is 1. The van der Waals surface area contributed by atoms with E-state index < -0.39 is 0 Å². The normalized spacial score (nSPS) is 19.7. The summed E-state index contributed by atoms with van der Waals surface area (Å²) in [4.78, 5) is 12.2. The minimum atomic E-state index is 0.307. The summed E-state index contributed by atoms with van der Waals surface area (Å²) in [7, 11) is 0. The lowest BCUT2D eigenvalue weighted by molar-refractivity contribution is 0.0953. The summed E-state index contributed by atoms with van der Waals surface area (Å²) in [5.74, 6) is 0.836. The lowest BCUT2D eigenvalue weighted by atomic mass is 9.91. The van der Waals surface area contributed by atoms with Crippen molar-refractivity contribution in [2.45, 2.75) is 39.0 Å². The van der Waals surface area contributed by atoms with Gasteiger partial charge in [-0.25, -0.2) is 0 Å². The SMILES string of the molecule is CCCc1cccc(C(=O)CC2CCCNC2)c1. The Morgan fingerprint density at radius 1 is 1.44 bits per heavy atom. The zero-order chi connectivity index (χ0) is 12.8. The van der Waals surface area contributed by atoms with Crippen LogP contribution in [0.4, 0.5) is 0 Å². The molecule has 1 saturated heterocycles. The summed E-state index contributed by atoms with van der Waals surface area (Å²) in [6, 6.07) is 8.15. The van der Waals surface area contributed by atoms with E-state index in [1.807, 2.05) is 12.1 Å². The Balaban J connectivity index is 1.96. The van der Waals surface area contributed by atoms with Gasteiger partial charge in [-0.2, -0.15) is 0 Å². The van der Waals surface area contributed by atoms with E-state index in [1.165, 1.54) is 18.4 Å². The van der Waals surface area contributed by atoms with Crippen molar-refractivity contribution >= 4 is 5.78 Å². The molecular weight excluding hydrogens is 222 g/mol. The smallest absolute Gasteiger partial charge is 0.163 e. The predicted molar refractivity (Wildman–Crippen MR) is 75.0 cm³/mol. The lowest BCUT2D eigenvalue weighted by Gasteiger charge is -2.22. The fourth-order valence-electron chi connectivity index (χ4n) is 2.67. The summed E-state index contributed by atoms with van der Waals surface area (Å²) in [5.41, 5.74) is 2.18. The third-order valence-electron chi connectivity index (χ3n) is 3.66. The van der Waals surface area contributed by atoms with Crippen molar-refractivity contribution < 1.29 is 4.79 Å². The molecule has 0 radical (unpaired) electrons. The molecule has 18 heavy (non-hydrogen) atoms. The van der Waals surface area contributed by atoms with Gasteiger partial charge in [-0.3, -0.25) is 4.79 Å². The second-order valence-electron chi connectivity index (χ2n) is 5.29. The number of carbonyl (C=O) groups excluding carboxylic acids is 1. The van der Waals surface area contributed by atoms with E-state index in [0.717, 1.165) is 31.5 Å². The molecule has 1 fully saturated rings. The van der Waals surface area contributed by atoms with Gasteiger partial charge in [-0.1, -0.05) is 31.5 Å². The third-order valence-corrected chi connectivity index (χ3v) is 3.66. The number of hydrogen-bond donors (Lipinski definition) is 1. The minimum absolute atomic E-state index is 0.307. The van der Waals surface area contributed by atoms with E-state index in [9.17, 15) is 4.79 Å². The van der Waals surface area contributed by atoms with Gasteiger partial charge < -0.3 is 5.32 Å². The fourth-order valence-corrected chi connectivity index (χ4v) is 2.67. The standard InChI is InChI=1S/C16H23NO/c1-2-5-13-6-3-8-15(10-13)16(18)11-14-7-4-9-17-12-14/h3,6,8,10,14,17H,2,4-5,7,9,11-12H2,1H3. The topological polar surface area (TPSA) is 29.1 Å². The van der Waals surface area contributed by atoms with Crippen LogP contribution in [0, 0.1) is 5.92 Å². The summed E-state index contributed by atoms with van der Waals surface area (Å²) < 4.78 is 0. The summed E-state index contributed by atoms with van der Waals surface area (Å²) in [6.07, 6.45) is 5.28. The van der Waals surface area contributed by atoms with Crippen LogP contribution in [-0.4, -0.2) is 18.9 Å². The zero-order valence-electron chi connectivity index (χ0n) is 11.2. The Kier molecular flexibility index (Phi) is 4.94. The van der Waals surface area contributed by atoms with Crippen molar-refractivity contribution in [2.75, 3.05) is 13.1 Å². The molecule has 0 saturated carbocycles. The van der Waals surface area contributed by atoms with Crippen molar-refractivity contribution in [3.05, 3.63) is 35.4 Å². The van der Waals surface area contributed by atoms with Gasteiger partial charge >= 0.3 is 0 Å². The molecule has 0 spiro atoms. The summed E-state index contributed by atoms with van der Waals surface area (Å²) in [6.45, 7) is 4.28. The summed E-state index contributed by atoms with van der Waals surface area (Å²) in [5, 5.41) is 3.37. The van der Waals surface area contributed by atoms with Crippen molar-refractivity contribution in [2.24, 2.45) is 5.92 Å². The number of rotatable bonds is 5. The third kappa shape index (κ3) is 3.67. The quantitative estimate of drug-likeness (QED) is 0.807. The van der Waals surface area contributed by atoms with Crippen LogP contribution >= 0.6 is 0 Å². The van der Waals surface area contributed by atoms with Crippen LogP contribution in [0.25, 0.3) is 0 Å². The molecular formula is C16H23NO. The van der Waals surface area contributed by atoms with Gasteiger partial charge in [-0.15, -0.1) is 0 Å². The molecule has 2 heteroatoms. The van der Waals surface area contributed by atoms with Crippen LogP contribution < -0.4 is 5.32 Å². The monoisotopic (exact) mass is 245 g/mol. The fraction of sp³-hybridized carbons (Fsp3) is 0.562. The predicted octanol–water partition coefficient (Wildman–Crippen LogP) is 3.21. The Bertz CT molecular complexity index is 394. The number of nitrogens with one attached hydrogen (secondary N) is 1. The Labute approximate surface area is 110 Å². The number of piperidine rings is 1. The van der Waals surface area contributed by atoms with Gasteiger partial charge in [0.1, 0.15) is 0 Å². The molecule has 1 aromatic carbocycles. The molecule has 1 unspecified atom stereocenters.